The number of hydrogen-bond donors (Lipinski definition) is 3. The standard InChI is InChI=1S/C21H24N2O5/c1-3-28-19-7-5-4-6-17(19)18(23-14(2)24)12-20(25)22-13-15-8-10-16(11-9-15)21(26)27/h4-11,18H,3,12-13H2,1-2H3,(H,22,25)(H,23,24)(H,26,27). The molecule has 0 saturated heterocycles. The third-order valence-electron chi connectivity index (χ3n) is 4.05. The topological polar surface area (TPSA) is 105 Å². The van der Waals surface area contributed by atoms with Gasteiger partial charge in [0.1, 0.15) is 5.75 Å². The van der Waals surface area contributed by atoms with Gasteiger partial charge in [0.2, 0.25) is 11.8 Å². The van der Waals surface area contributed by atoms with Crippen LogP contribution in [0.15, 0.2) is 48.5 Å². The molecule has 1 atom stereocenters. The zero-order valence-electron chi connectivity index (χ0n) is 15.9. The molecule has 28 heavy (non-hydrogen) atoms. The molecule has 2 aromatic carbocycles. The van der Waals surface area contributed by atoms with Gasteiger partial charge in [0.25, 0.3) is 0 Å². The van der Waals surface area contributed by atoms with E-state index in [9.17, 15) is 14.4 Å². The molecule has 1 unspecified atom stereocenters. The van der Waals surface area contributed by atoms with Crippen LogP contribution >= 0.6 is 0 Å². The van der Waals surface area contributed by atoms with E-state index >= 15 is 0 Å². The highest BCUT2D eigenvalue weighted by molar-refractivity contribution is 5.87. The second kappa shape index (κ2) is 10.1. The Bertz CT molecular complexity index is 833. The zero-order valence-corrected chi connectivity index (χ0v) is 15.9. The molecule has 0 saturated carbocycles. The number of carboxylic acids is 1. The van der Waals surface area contributed by atoms with Crippen molar-refractivity contribution in [1.29, 1.82) is 0 Å². The Morgan fingerprint density at radius 1 is 1.07 bits per heavy atom. The van der Waals surface area contributed by atoms with Gasteiger partial charge in [0.15, 0.2) is 0 Å². The first-order valence-electron chi connectivity index (χ1n) is 8.98. The van der Waals surface area contributed by atoms with Crippen molar-refractivity contribution in [2.24, 2.45) is 0 Å². The molecular formula is C21H24N2O5. The van der Waals surface area contributed by atoms with E-state index < -0.39 is 12.0 Å². The minimum absolute atomic E-state index is 0.0525. The molecule has 0 aliphatic rings. The molecule has 0 fully saturated rings. The average Bonchev–Trinajstić information content (AvgIpc) is 2.66. The SMILES string of the molecule is CCOc1ccccc1C(CC(=O)NCc1ccc(C(=O)O)cc1)NC(C)=O. The van der Waals surface area contributed by atoms with E-state index in [1.807, 2.05) is 25.1 Å². The lowest BCUT2D eigenvalue weighted by Gasteiger charge is -2.21. The number of carbonyl (C=O) groups is 3. The molecule has 7 nitrogen and oxygen atoms in total. The van der Waals surface area contributed by atoms with Crippen molar-refractivity contribution in [2.75, 3.05) is 6.61 Å². The third kappa shape index (κ3) is 6.12. The summed E-state index contributed by atoms with van der Waals surface area (Å²) in [6.45, 7) is 4.01. The molecule has 0 aromatic heterocycles. The van der Waals surface area contributed by atoms with E-state index in [1.54, 1.807) is 18.2 Å². The Morgan fingerprint density at radius 2 is 1.75 bits per heavy atom. The van der Waals surface area contributed by atoms with Gasteiger partial charge in [0.05, 0.1) is 24.6 Å². The lowest BCUT2D eigenvalue weighted by atomic mass is 10.0. The molecule has 0 aliphatic carbocycles. The molecule has 0 bridgehead atoms. The lowest BCUT2D eigenvalue weighted by molar-refractivity contribution is -0.122. The number of carbonyl (C=O) groups excluding carboxylic acids is 2. The molecule has 0 aliphatic heterocycles. The van der Waals surface area contributed by atoms with Crippen LogP contribution in [0.3, 0.4) is 0 Å². The van der Waals surface area contributed by atoms with Crippen molar-refractivity contribution in [1.82, 2.24) is 10.6 Å². The maximum absolute atomic E-state index is 12.4. The zero-order chi connectivity index (χ0) is 20.5. The third-order valence-corrected chi connectivity index (χ3v) is 4.05. The van der Waals surface area contributed by atoms with Crippen LogP contribution < -0.4 is 15.4 Å². The van der Waals surface area contributed by atoms with Crippen LogP contribution in [0.25, 0.3) is 0 Å². The maximum atomic E-state index is 12.4. The Hall–Kier alpha value is -3.35. The number of ether oxygens (including phenoxy) is 1. The molecule has 0 radical (unpaired) electrons. The van der Waals surface area contributed by atoms with Crippen molar-refractivity contribution in [3.05, 3.63) is 65.2 Å². The highest BCUT2D eigenvalue weighted by Crippen LogP contribution is 2.27. The normalized spacial score (nSPS) is 11.4. The Balaban J connectivity index is 2.04. The number of rotatable bonds is 9. The number of benzene rings is 2. The van der Waals surface area contributed by atoms with Crippen molar-refractivity contribution in [3.63, 3.8) is 0 Å². The van der Waals surface area contributed by atoms with E-state index in [-0.39, 0.29) is 30.3 Å². The predicted molar refractivity (Wildman–Crippen MR) is 104 cm³/mol. The van der Waals surface area contributed by atoms with Gasteiger partial charge in [-0.25, -0.2) is 4.79 Å². The largest absolute Gasteiger partial charge is 0.494 e. The summed E-state index contributed by atoms with van der Waals surface area (Å²) in [6.07, 6.45) is 0.0525. The minimum atomic E-state index is -0.998. The van der Waals surface area contributed by atoms with E-state index in [0.717, 1.165) is 11.1 Å². The number of nitrogens with one attached hydrogen (secondary N) is 2. The lowest BCUT2D eigenvalue weighted by Crippen LogP contribution is -2.32. The van der Waals surface area contributed by atoms with Gasteiger partial charge in [0, 0.05) is 19.0 Å². The quantitative estimate of drug-likeness (QED) is 0.616. The molecule has 7 heteroatoms. The number of carboxylic acid groups (broad SMARTS) is 1. The molecule has 148 valence electrons. The minimum Gasteiger partial charge on any atom is -0.494 e. The molecule has 3 N–H and O–H groups in total. The van der Waals surface area contributed by atoms with Gasteiger partial charge in [-0.1, -0.05) is 30.3 Å². The fourth-order valence-electron chi connectivity index (χ4n) is 2.76. The fourth-order valence-corrected chi connectivity index (χ4v) is 2.76. The first kappa shape index (κ1) is 21.0. The molecule has 0 spiro atoms. The number of hydrogen-bond acceptors (Lipinski definition) is 4. The number of para-hydroxylation sites is 1. The first-order chi connectivity index (χ1) is 13.4. The monoisotopic (exact) mass is 384 g/mol. The van der Waals surface area contributed by atoms with Crippen LogP contribution in [0.5, 0.6) is 5.75 Å². The highest BCUT2D eigenvalue weighted by Gasteiger charge is 2.20. The van der Waals surface area contributed by atoms with Crippen LogP contribution in [0, 0.1) is 0 Å². The van der Waals surface area contributed by atoms with Gasteiger partial charge in [-0.2, -0.15) is 0 Å². The smallest absolute Gasteiger partial charge is 0.335 e. The van der Waals surface area contributed by atoms with Crippen LogP contribution in [0.2, 0.25) is 0 Å². The Kier molecular flexibility index (Phi) is 7.56. The van der Waals surface area contributed by atoms with E-state index in [4.69, 9.17) is 9.84 Å². The number of amides is 2. The van der Waals surface area contributed by atoms with Gasteiger partial charge < -0.3 is 20.5 Å². The molecule has 2 amide bonds. The van der Waals surface area contributed by atoms with Crippen LogP contribution in [-0.4, -0.2) is 29.5 Å². The van der Waals surface area contributed by atoms with Gasteiger partial charge >= 0.3 is 5.97 Å². The van der Waals surface area contributed by atoms with E-state index in [2.05, 4.69) is 10.6 Å². The van der Waals surface area contributed by atoms with Crippen molar-refractivity contribution < 1.29 is 24.2 Å². The Labute approximate surface area is 163 Å². The summed E-state index contributed by atoms with van der Waals surface area (Å²) in [5.41, 5.74) is 1.71. The van der Waals surface area contributed by atoms with Gasteiger partial charge in [-0.15, -0.1) is 0 Å². The van der Waals surface area contributed by atoms with Crippen LogP contribution in [0.4, 0.5) is 0 Å². The van der Waals surface area contributed by atoms with Gasteiger partial charge in [-0.05, 0) is 30.7 Å². The highest BCUT2D eigenvalue weighted by atomic mass is 16.5. The molecule has 2 aromatic rings. The van der Waals surface area contributed by atoms with E-state index in [1.165, 1.54) is 19.1 Å². The van der Waals surface area contributed by atoms with Crippen molar-refractivity contribution in [2.45, 2.75) is 32.9 Å². The van der Waals surface area contributed by atoms with Crippen LogP contribution in [-0.2, 0) is 16.1 Å². The average molecular weight is 384 g/mol. The molecule has 0 heterocycles. The predicted octanol–water partition coefficient (Wildman–Crippen LogP) is 2.67. The molecular weight excluding hydrogens is 360 g/mol. The summed E-state index contributed by atoms with van der Waals surface area (Å²) in [7, 11) is 0. The summed E-state index contributed by atoms with van der Waals surface area (Å²) in [5.74, 6) is -0.858. The maximum Gasteiger partial charge on any atom is 0.335 e. The second-order valence-corrected chi connectivity index (χ2v) is 6.21. The molecule has 2 rings (SSSR count). The Morgan fingerprint density at radius 3 is 2.36 bits per heavy atom. The first-order valence-corrected chi connectivity index (χ1v) is 8.98. The van der Waals surface area contributed by atoms with Gasteiger partial charge in [-0.3, -0.25) is 9.59 Å². The van der Waals surface area contributed by atoms with Crippen LogP contribution in [0.1, 0.15) is 47.8 Å². The second-order valence-electron chi connectivity index (χ2n) is 6.21. The van der Waals surface area contributed by atoms with Crippen molar-refractivity contribution in [3.8, 4) is 5.75 Å². The summed E-state index contributed by atoms with van der Waals surface area (Å²) in [5, 5.41) is 14.5. The number of aromatic carboxylic acids is 1. The summed E-state index contributed by atoms with van der Waals surface area (Å²) >= 11 is 0. The summed E-state index contributed by atoms with van der Waals surface area (Å²) in [6, 6.07) is 13.0. The fraction of sp³-hybridized carbons (Fsp3) is 0.286. The van der Waals surface area contributed by atoms with E-state index in [0.29, 0.717) is 12.4 Å². The summed E-state index contributed by atoms with van der Waals surface area (Å²) in [4.78, 5) is 34.9. The van der Waals surface area contributed by atoms with Crippen molar-refractivity contribution >= 4 is 17.8 Å². The summed E-state index contributed by atoms with van der Waals surface area (Å²) < 4.78 is 5.61.